The number of aromatic amines is 1. The molecule has 138 valence electrons. The predicted octanol–water partition coefficient (Wildman–Crippen LogP) is 1.68. The van der Waals surface area contributed by atoms with Crippen molar-refractivity contribution in [3.63, 3.8) is 0 Å². The second kappa shape index (κ2) is 6.76. The molecule has 3 heterocycles. The molecule has 0 spiro atoms. The molecule has 1 fully saturated rings. The largest absolute Gasteiger partial charge is 0.740 e. The van der Waals surface area contributed by atoms with Crippen molar-refractivity contribution in [1.29, 1.82) is 5.26 Å². The number of H-pyrrole nitrogens is 1. The number of nitriles is 1. The number of hydrogen-bond donors (Lipinski definition) is 2. The minimum Gasteiger partial charge on any atom is -0.740 e. The van der Waals surface area contributed by atoms with Gasteiger partial charge in [-0.25, -0.2) is 10.0 Å². The molecule has 8 nitrogen and oxygen atoms in total. The molecule has 0 aromatic carbocycles. The predicted molar refractivity (Wildman–Crippen MR) is 98.0 cm³/mol. The van der Waals surface area contributed by atoms with Crippen molar-refractivity contribution in [2.24, 2.45) is 5.92 Å². The van der Waals surface area contributed by atoms with Crippen molar-refractivity contribution < 1.29 is 14.3 Å². The summed E-state index contributed by atoms with van der Waals surface area (Å²) >= 11 is 0. The van der Waals surface area contributed by atoms with Crippen LogP contribution in [0.15, 0.2) is 24.4 Å². The van der Waals surface area contributed by atoms with Gasteiger partial charge in [-0.15, -0.1) is 0 Å². The molecule has 27 heavy (non-hydrogen) atoms. The fourth-order valence-corrected chi connectivity index (χ4v) is 3.39. The lowest BCUT2D eigenvalue weighted by Gasteiger charge is -2.26. The monoisotopic (exact) mass is 365 g/mol. The second-order valence-electron chi connectivity index (χ2n) is 6.90. The van der Waals surface area contributed by atoms with Gasteiger partial charge in [-0.3, -0.25) is 14.6 Å². The average molecular weight is 365 g/mol. The van der Waals surface area contributed by atoms with Crippen LogP contribution in [0.3, 0.4) is 0 Å². The zero-order valence-corrected chi connectivity index (χ0v) is 14.7. The van der Waals surface area contributed by atoms with Gasteiger partial charge in [-0.05, 0) is 36.5 Å². The van der Waals surface area contributed by atoms with E-state index in [2.05, 4.69) is 10.3 Å². The molecular formula is C19H19N5O3. The molecule has 0 bridgehead atoms. The van der Waals surface area contributed by atoms with Crippen molar-refractivity contribution in [2.45, 2.75) is 25.7 Å². The Kier molecular flexibility index (Phi) is 4.28. The number of rotatable bonds is 4. The van der Waals surface area contributed by atoms with Crippen LogP contribution >= 0.6 is 0 Å². The van der Waals surface area contributed by atoms with Crippen molar-refractivity contribution in [3.8, 4) is 6.07 Å². The normalized spacial score (nSPS) is 16.7. The van der Waals surface area contributed by atoms with Gasteiger partial charge in [0.15, 0.2) is 0 Å². The molecule has 1 aliphatic carbocycles. The minimum atomic E-state index is -0.178. The highest BCUT2D eigenvalue weighted by Gasteiger charge is 2.32. The zero-order chi connectivity index (χ0) is 19.0. The summed E-state index contributed by atoms with van der Waals surface area (Å²) in [7, 11) is 0. The fourth-order valence-electron chi connectivity index (χ4n) is 3.39. The number of hydrogen-bond acceptors (Lipinski definition) is 4. The third-order valence-electron chi connectivity index (χ3n) is 5.06. The molecule has 4 rings (SSSR count). The molecule has 0 saturated heterocycles. The summed E-state index contributed by atoms with van der Waals surface area (Å²) in [4.78, 5) is 28.6. The van der Waals surface area contributed by atoms with E-state index in [0.29, 0.717) is 29.9 Å². The summed E-state index contributed by atoms with van der Waals surface area (Å²) in [6, 6.07) is 5.42. The number of carbonyl (C=O) groups is 2. The number of fused-ring (bicyclic) bond motifs is 1. The Hall–Kier alpha value is -3.34. The molecule has 2 N–H and O–H groups in total. The quantitative estimate of drug-likeness (QED) is 0.633. The Morgan fingerprint density at radius 3 is 2.93 bits per heavy atom. The van der Waals surface area contributed by atoms with Gasteiger partial charge in [-0.2, -0.15) is 5.26 Å². The zero-order valence-electron chi connectivity index (χ0n) is 14.7. The van der Waals surface area contributed by atoms with E-state index in [1.165, 1.54) is 0 Å². The van der Waals surface area contributed by atoms with Crippen LogP contribution in [0.25, 0.3) is 16.6 Å². The molecule has 1 saturated carbocycles. The van der Waals surface area contributed by atoms with Crippen LogP contribution in [0.5, 0.6) is 0 Å². The maximum Gasteiger partial charge on any atom is 0.283 e. The summed E-state index contributed by atoms with van der Waals surface area (Å²) in [6.45, 7) is 0.950. The van der Waals surface area contributed by atoms with Crippen LogP contribution in [-0.2, 0) is 9.59 Å². The molecule has 1 aliphatic heterocycles. The maximum absolute atomic E-state index is 12.6. The SMILES string of the molecule is N#CCC(=O)N1CC=C(c2cc(NC(=O)C3CC3)[n+]([O-])c3[nH]ccc23)CC1. The summed E-state index contributed by atoms with van der Waals surface area (Å²) in [6.07, 6.45) is 5.86. The van der Waals surface area contributed by atoms with Crippen LogP contribution in [0, 0.1) is 22.5 Å². The van der Waals surface area contributed by atoms with Gasteiger partial charge in [0.1, 0.15) is 6.42 Å². The third-order valence-corrected chi connectivity index (χ3v) is 5.06. The fraction of sp³-hybridized carbons (Fsp3) is 0.368. The Balaban J connectivity index is 1.66. The molecule has 2 aromatic rings. The third kappa shape index (κ3) is 3.24. The number of nitrogens with zero attached hydrogens (tertiary/aromatic N) is 3. The second-order valence-corrected chi connectivity index (χ2v) is 6.90. The van der Waals surface area contributed by atoms with Gasteiger partial charge >= 0.3 is 0 Å². The summed E-state index contributed by atoms with van der Waals surface area (Å²) in [5.41, 5.74) is 2.28. The first-order valence-electron chi connectivity index (χ1n) is 8.97. The van der Waals surface area contributed by atoms with E-state index < -0.39 is 0 Å². The number of aromatic nitrogens is 2. The van der Waals surface area contributed by atoms with E-state index in [0.717, 1.165) is 29.4 Å². The van der Waals surface area contributed by atoms with E-state index in [-0.39, 0.29) is 30.0 Å². The highest BCUT2D eigenvalue weighted by Crippen LogP contribution is 2.32. The molecule has 2 aliphatic rings. The summed E-state index contributed by atoms with van der Waals surface area (Å²) in [5, 5.41) is 24.8. The number of nitrogens with one attached hydrogen (secondary N) is 2. The topological polar surface area (TPSA) is 116 Å². The highest BCUT2D eigenvalue weighted by atomic mass is 16.5. The van der Waals surface area contributed by atoms with Crippen molar-refractivity contribution >= 4 is 34.2 Å². The Bertz CT molecular complexity index is 997. The first-order chi connectivity index (χ1) is 13.1. The van der Waals surface area contributed by atoms with Crippen molar-refractivity contribution in [3.05, 3.63) is 35.2 Å². The Labute approximate surface area is 155 Å². The van der Waals surface area contributed by atoms with Gasteiger partial charge < -0.3 is 10.1 Å². The van der Waals surface area contributed by atoms with Gasteiger partial charge in [0.2, 0.25) is 17.4 Å². The summed E-state index contributed by atoms with van der Waals surface area (Å²) in [5.74, 6) is -0.0908. The smallest absolute Gasteiger partial charge is 0.283 e. The number of anilines is 1. The van der Waals surface area contributed by atoms with Crippen LogP contribution < -0.4 is 10.0 Å². The van der Waals surface area contributed by atoms with E-state index in [4.69, 9.17) is 5.26 Å². The molecule has 0 radical (unpaired) electrons. The molecule has 2 aromatic heterocycles. The number of pyridine rings is 1. The lowest BCUT2D eigenvalue weighted by molar-refractivity contribution is -0.563. The first-order valence-corrected chi connectivity index (χ1v) is 8.97. The van der Waals surface area contributed by atoms with Crippen LogP contribution in [0.2, 0.25) is 0 Å². The lowest BCUT2D eigenvalue weighted by Crippen LogP contribution is -2.35. The average Bonchev–Trinajstić information content (AvgIpc) is 3.41. The van der Waals surface area contributed by atoms with Crippen molar-refractivity contribution in [1.82, 2.24) is 9.88 Å². The van der Waals surface area contributed by atoms with Crippen molar-refractivity contribution in [2.75, 3.05) is 18.4 Å². The van der Waals surface area contributed by atoms with Crippen LogP contribution in [0.1, 0.15) is 31.2 Å². The van der Waals surface area contributed by atoms with Gasteiger partial charge in [0.25, 0.3) is 5.91 Å². The summed E-state index contributed by atoms with van der Waals surface area (Å²) < 4.78 is 0.714. The van der Waals surface area contributed by atoms with Crippen LogP contribution in [-0.4, -0.2) is 34.8 Å². The number of carbonyl (C=O) groups excluding carboxylic acids is 2. The van der Waals surface area contributed by atoms with E-state index in [9.17, 15) is 14.8 Å². The molecule has 8 heteroatoms. The minimum absolute atomic E-state index is 0.00129. The van der Waals surface area contributed by atoms with Crippen LogP contribution in [0.4, 0.5) is 5.82 Å². The molecular weight excluding hydrogens is 346 g/mol. The van der Waals surface area contributed by atoms with Gasteiger partial charge in [-0.1, -0.05) is 6.08 Å². The van der Waals surface area contributed by atoms with E-state index >= 15 is 0 Å². The first kappa shape index (κ1) is 17.1. The highest BCUT2D eigenvalue weighted by molar-refractivity contribution is 5.95. The van der Waals surface area contributed by atoms with E-state index in [1.54, 1.807) is 17.2 Å². The standard InChI is InChI=1S/C19H19N5O3/c20-7-3-17(25)23-9-5-12(6-10-23)15-11-16(22-19(26)13-1-2-13)24(27)18-14(15)4-8-21-18/h4-5,8,11,13,21H,1-3,6,9-10H2,(H,22,26). The maximum atomic E-state index is 12.6. The molecule has 0 atom stereocenters. The molecule has 0 unspecified atom stereocenters. The Morgan fingerprint density at radius 1 is 1.44 bits per heavy atom. The van der Waals surface area contributed by atoms with Gasteiger partial charge in [0, 0.05) is 19.2 Å². The van der Waals surface area contributed by atoms with E-state index in [1.807, 2.05) is 18.2 Å². The Morgan fingerprint density at radius 2 is 2.26 bits per heavy atom. The molecule has 2 amide bonds. The number of amides is 2. The lowest BCUT2D eigenvalue weighted by atomic mass is 9.97. The van der Waals surface area contributed by atoms with Gasteiger partial charge in [0.05, 0.1) is 23.6 Å².